The average molecular weight is 364 g/mol. The third-order valence-corrected chi connectivity index (χ3v) is 5.54. The van der Waals surface area contributed by atoms with E-state index >= 15 is 0 Å². The van der Waals surface area contributed by atoms with Gasteiger partial charge in [-0.2, -0.15) is 8.42 Å². The average Bonchev–Trinajstić information content (AvgIpc) is 3.07. The van der Waals surface area contributed by atoms with Gasteiger partial charge in [0.25, 0.3) is 0 Å². The number of ether oxygens (including phenoxy) is 1. The van der Waals surface area contributed by atoms with Crippen LogP contribution in [0, 0.1) is 0 Å². The lowest BCUT2D eigenvalue weighted by Crippen LogP contribution is -2.33. The van der Waals surface area contributed by atoms with Crippen molar-refractivity contribution in [2.45, 2.75) is 0 Å². The molecule has 10 heteroatoms. The number of nitrogens with zero attached hydrogens (tertiary/aromatic N) is 4. The van der Waals surface area contributed by atoms with Crippen LogP contribution in [0.1, 0.15) is 5.01 Å². The van der Waals surface area contributed by atoms with E-state index in [1.54, 1.807) is 0 Å². The van der Waals surface area contributed by atoms with Crippen LogP contribution in [0.3, 0.4) is 0 Å². The van der Waals surface area contributed by atoms with Crippen LogP contribution < -0.4 is 0 Å². The summed E-state index contributed by atoms with van der Waals surface area (Å²) >= 11 is 1.18. The molecule has 1 aromatic carbocycles. The lowest BCUT2D eigenvalue weighted by Gasteiger charge is -2.21. The van der Waals surface area contributed by atoms with E-state index in [4.69, 9.17) is 0 Å². The first-order valence-corrected chi connectivity index (χ1v) is 8.92. The molecule has 1 aliphatic heterocycles. The number of hydrogen-bond donors (Lipinski definition) is 0. The number of carbonyl (C=O) groups excluding carboxylic acids is 1. The molecule has 0 radical (unpaired) electrons. The van der Waals surface area contributed by atoms with Gasteiger partial charge in [-0.1, -0.05) is 41.7 Å². The number of likely N-dealkylation sites (N-methyl/N-ethyl adjacent to an activating group) is 1. The molecular formula is C14H12N4O4S2. The minimum absolute atomic E-state index is 0.0492. The van der Waals surface area contributed by atoms with Gasteiger partial charge < -0.3 is 4.74 Å². The highest BCUT2D eigenvalue weighted by Gasteiger charge is 2.31. The first-order chi connectivity index (χ1) is 11.4. The van der Waals surface area contributed by atoms with Crippen molar-refractivity contribution in [1.82, 2.24) is 14.5 Å². The molecule has 2 aromatic rings. The first-order valence-electron chi connectivity index (χ1n) is 6.70. The summed E-state index contributed by atoms with van der Waals surface area (Å²) < 4.78 is 33.3. The molecule has 24 heavy (non-hydrogen) atoms. The Balaban J connectivity index is 2.04. The van der Waals surface area contributed by atoms with E-state index in [2.05, 4.69) is 19.3 Å². The number of rotatable bonds is 3. The molecular weight excluding hydrogens is 352 g/mol. The Kier molecular flexibility index (Phi) is 4.16. The zero-order chi connectivity index (χ0) is 17.3. The van der Waals surface area contributed by atoms with E-state index in [1.165, 1.54) is 31.6 Å². The van der Waals surface area contributed by atoms with E-state index in [9.17, 15) is 13.2 Å². The summed E-state index contributed by atoms with van der Waals surface area (Å²) in [4.78, 5) is 11.8. The Labute approximate surface area is 142 Å². The largest absolute Gasteiger partial charge is 0.464 e. The molecule has 0 amide bonds. The quantitative estimate of drug-likeness (QED) is 0.760. The van der Waals surface area contributed by atoms with Gasteiger partial charge in [-0.15, -0.1) is 14.6 Å². The predicted molar refractivity (Wildman–Crippen MR) is 88.7 cm³/mol. The number of methoxy groups -OCH3 is 1. The Hall–Kier alpha value is -2.59. The van der Waals surface area contributed by atoms with Gasteiger partial charge in [-0.05, 0) is 6.08 Å². The highest BCUT2D eigenvalue weighted by atomic mass is 32.2. The second kappa shape index (κ2) is 6.13. The summed E-state index contributed by atoms with van der Waals surface area (Å²) in [5, 5.41) is 8.96. The van der Waals surface area contributed by atoms with Crippen LogP contribution in [0.4, 0.5) is 0 Å². The molecule has 1 aliphatic rings. The minimum Gasteiger partial charge on any atom is -0.464 e. The SMILES string of the molecule is COC(=O)C1=CC(c2nnc(-c3ccccc3)s2)=NS(=O)(=O)N1C. The number of allylic oxidation sites excluding steroid dienone is 1. The van der Waals surface area contributed by atoms with Gasteiger partial charge in [0.15, 0.2) is 5.01 Å². The standard InChI is InChI=1S/C14H12N4O4S2/c1-18-11(14(19)22-2)8-10(17-24(18,20)21)13-16-15-12(23-13)9-6-4-3-5-7-9/h3-8H,1-2H3. The Bertz CT molecular complexity index is 948. The normalized spacial score (nSPS) is 16.3. The molecule has 0 N–H and O–H groups in total. The Morgan fingerprint density at radius 1 is 1.17 bits per heavy atom. The lowest BCUT2D eigenvalue weighted by molar-refractivity contribution is -0.137. The van der Waals surface area contributed by atoms with Gasteiger partial charge in [0, 0.05) is 12.6 Å². The molecule has 0 spiro atoms. The number of aromatic nitrogens is 2. The van der Waals surface area contributed by atoms with E-state index in [0.717, 1.165) is 9.87 Å². The maximum Gasteiger partial charge on any atom is 0.355 e. The number of esters is 1. The van der Waals surface area contributed by atoms with Crippen LogP contribution >= 0.6 is 11.3 Å². The van der Waals surface area contributed by atoms with Gasteiger partial charge in [0.05, 0.1) is 7.11 Å². The van der Waals surface area contributed by atoms with E-state index in [-0.39, 0.29) is 11.4 Å². The Morgan fingerprint density at radius 3 is 2.50 bits per heavy atom. The van der Waals surface area contributed by atoms with E-state index in [0.29, 0.717) is 10.0 Å². The molecule has 124 valence electrons. The molecule has 0 saturated heterocycles. The summed E-state index contributed by atoms with van der Waals surface area (Å²) in [6.45, 7) is 0. The number of hydrogen-bond acceptors (Lipinski definition) is 7. The van der Waals surface area contributed by atoms with Crippen molar-refractivity contribution in [3.8, 4) is 10.6 Å². The molecule has 0 bridgehead atoms. The van der Waals surface area contributed by atoms with Crippen molar-refractivity contribution in [2.75, 3.05) is 14.2 Å². The van der Waals surface area contributed by atoms with Crippen LogP contribution in [-0.4, -0.2) is 48.8 Å². The molecule has 8 nitrogen and oxygen atoms in total. The summed E-state index contributed by atoms with van der Waals surface area (Å²) in [5.74, 6) is -0.777. The third-order valence-electron chi connectivity index (χ3n) is 3.23. The van der Waals surface area contributed by atoms with E-state index in [1.807, 2.05) is 30.3 Å². The van der Waals surface area contributed by atoms with Crippen molar-refractivity contribution in [3.05, 3.63) is 47.1 Å². The van der Waals surface area contributed by atoms with Crippen molar-refractivity contribution in [1.29, 1.82) is 0 Å². The maximum absolute atomic E-state index is 12.1. The van der Waals surface area contributed by atoms with Crippen molar-refractivity contribution in [2.24, 2.45) is 4.40 Å². The van der Waals surface area contributed by atoms with Gasteiger partial charge in [0.2, 0.25) is 0 Å². The fraction of sp³-hybridized carbons (Fsp3) is 0.143. The molecule has 1 aromatic heterocycles. The molecule has 0 fully saturated rings. The Morgan fingerprint density at radius 2 is 1.83 bits per heavy atom. The summed E-state index contributed by atoms with van der Waals surface area (Å²) in [6, 6.07) is 9.34. The predicted octanol–water partition coefficient (Wildman–Crippen LogP) is 1.24. The van der Waals surface area contributed by atoms with Gasteiger partial charge in [-0.25, -0.2) is 9.10 Å². The van der Waals surface area contributed by atoms with Gasteiger partial charge >= 0.3 is 16.2 Å². The fourth-order valence-corrected chi connectivity index (χ4v) is 3.73. The molecule has 0 unspecified atom stereocenters. The topological polar surface area (TPSA) is 102 Å². The van der Waals surface area contributed by atoms with Crippen molar-refractivity contribution < 1.29 is 17.9 Å². The van der Waals surface area contributed by atoms with Crippen molar-refractivity contribution in [3.63, 3.8) is 0 Å². The summed E-state index contributed by atoms with van der Waals surface area (Å²) in [6.07, 6.45) is 1.32. The number of benzene rings is 1. The highest BCUT2D eigenvalue weighted by molar-refractivity contribution is 7.88. The third kappa shape index (κ3) is 2.93. The van der Waals surface area contributed by atoms with Crippen LogP contribution in [0.5, 0.6) is 0 Å². The fourth-order valence-electron chi connectivity index (χ4n) is 1.97. The number of carbonyl (C=O) groups is 1. The summed E-state index contributed by atoms with van der Waals surface area (Å²) in [5.41, 5.74) is 0.766. The highest BCUT2D eigenvalue weighted by Crippen LogP contribution is 2.26. The second-order valence-electron chi connectivity index (χ2n) is 4.72. The first kappa shape index (κ1) is 16.3. The molecule has 3 rings (SSSR count). The van der Waals surface area contributed by atoms with Crippen LogP contribution in [0.2, 0.25) is 0 Å². The zero-order valence-electron chi connectivity index (χ0n) is 12.7. The lowest BCUT2D eigenvalue weighted by atomic mass is 10.2. The molecule has 0 aliphatic carbocycles. The monoisotopic (exact) mass is 364 g/mol. The molecule has 2 heterocycles. The maximum atomic E-state index is 12.1. The smallest absolute Gasteiger partial charge is 0.355 e. The van der Waals surface area contributed by atoms with Crippen LogP contribution in [0.25, 0.3) is 10.6 Å². The van der Waals surface area contributed by atoms with Gasteiger partial charge in [-0.3, -0.25) is 0 Å². The zero-order valence-corrected chi connectivity index (χ0v) is 14.3. The molecule has 0 atom stereocenters. The molecule has 0 saturated carbocycles. The van der Waals surface area contributed by atoms with Crippen molar-refractivity contribution >= 4 is 33.2 Å². The summed E-state index contributed by atoms with van der Waals surface area (Å²) in [7, 11) is -1.62. The van der Waals surface area contributed by atoms with Gasteiger partial charge in [0.1, 0.15) is 16.4 Å². The van der Waals surface area contributed by atoms with Crippen LogP contribution in [0.15, 0.2) is 46.5 Å². The second-order valence-corrected chi connectivity index (χ2v) is 7.32. The van der Waals surface area contributed by atoms with E-state index < -0.39 is 16.2 Å². The van der Waals surface area contributed by atoms with Crippen LogP contribution in [-0.2, 0) is 19.7 Å². The minimum atomic E-state index is -4.03.